The van der Waals surface area contributed by atoms with Crippen LogP contribution in [0.25, 0.3) is 0 Å². The lowest BCUT2D eigenvalue weighted by molar-refractivity contribution is 0.154. The number of piperazine rings is 1. The molecule has 0 spiro atoms. The highest BCUT2D eigenvalue weighted by atomic mass is 15.2. The lowest BCUT2D eigenvalue weighted by Gasteiger charge is -2.35. The minimum atomic E-state index is 0.797. The van der Waals surface area contributed by atoms with Crippen LogP contribution in [0, 0.1) is 0 Å². The SMILES string of the molecule is CCCCCCN1CCNCC1CC. The van der Waals surface area contributed by atoms with Crippen molar-refractivity contribution in [2.24, 2.45) is 0 Å². The van der Waals surface area contributed by atoms with Gasteiger partial charge < -0.3 is 5.32 Å². The smallest absolute Gasteiger partial charge is 0.0218 e. The van der Waals surface area contributed by atoms with Crippen LogP contribution in [0.2, 0.25) is 0 Å². The van der Waals surface area contributed by atoms with Gasteiger partial charge in [0.25, 0.3) is 0 Å². The molecule has 1 rings (SSSR count). The molecule has 0 aromatic rings. The lowest BCUT2D eigenvalue weighted by atomic mass is 10.1. The Labute approximate surface area is 89.1 Å². The van der Waals surface area contributed by atoms with Gasteiger partial charge in [-0.05, 0) is 19.4 Å². The van der Waals surface area contributed by atoms with Crippen LogP contribution in [-0.2, 0) is 0 Å². The normalized spacial score (nSPS) is 24.0. The van der Waals surface area contributed by atoms with E-state index in [1.54, 1.807) is 0 Å². The topological polar surface area (TPSA) is 15.3 Å². The van der Waals surface area contributed by atoms with E-state index >= 15 is 0 Å². The van der Waals surface area contributed by atoms with E-state index in [1.165, 1.54) is 58.3 Å². The summed E-state index contributed by atoms with van der Waals surface area (Å²) >= 11 is 0. The van der Waals surface area contributed by atoms with Crippen LogP contribution < -0.4 is 5.32 Å². The van der Waals surface area contributed by atoms with Gasteiger partial charge in [-0.25, -0.2) is 0 Å². The van der Waals surface area contributed by atoms with Gasteiger partial charge in [-0.2, -0.15) is 0 Å². The number of nitrogens with zero attached hydrogens (tertiary/aromatic N) is 1. The minimum absolute atomic E-state index is 0.797. The summed E-state index contributed by atoms with van der Waals surface area (Å²) in [6.07, 6.45) is 6.85. The van der Waals surface area contributed by atoms with Crippen molar-refractivity contribution in [3.8, 4) is 0 Å². The summed E-state index contributed by atoms with van der Waals surface area (Å²) in [5.41, 5.74) is 0. The van der Waals surface area contributed by atoms with Gasteiger partial charge in [0, 0.05) is 25.7 Å². The van der Waals surface area contributed by atoms with E-state index in [0.717, 1.165) is 6.04 Å². The second kappa shape index (κ2) is 7.24. The van der Waals surface area contributed by atoms with Gasteiger partial charge >= 0.3 is 0 Å². The molecule has 0 aliphatic carbocycles. The zero-order valence-electron chi connectivity index (χ0n) is 9.89. The highest BCUT2D eigenvalue weighted by molar-refractivity contribution is 4.78. The Morgan fingerprint density at radius 1 is 1.21 bits per heavy atom. The molecule has 0 amide bonds. The first kappa shape index (κ1) is 12.0. The number of rotatable bonds is 6. The molecule has 0 bridgehead atoms. The second-order valence-electron chi connectivity index (χ2n) is 4.36. The standard InChI is InChI=1S/C12H26N2/c1-3-5-6-7-9-14-10-8-13-11-12(14)4-2/h12-13H,3-11H2,1-2H3. The van der Waals surface area contributed by atoms with Gasteiger partial charge in [0.1, 0.15) is 0 Å². The summed E-state index contributed by atoms with van der Waals surface area (Å²) < 4.78 is 0. The summed E-state index contributed by atoms with van der Waals surface area (Å²) in [5, 5.41) is 3.48. The maximum atomic E-state index is 3.48. The number of unbranched alkanes of at least 4 members (excludes halogenated alkanes) is 3. The van der Waals surface area contributed by atoms with Gasteiger partial charge in [-0.15, -0.1) is 0 Å². The molecular formula is C12H26N2. The molecule has 14 heavy (non-hydrogen) atoms. The maximum Gasteiger partial charge on any atom is 0.0218 e. The molecule has 0 radical (unpaired) electrons. The van der Waals surface area contributed by atoms with E-state index in [9.17, 15) is 0 Å². The highest BCUT2D eigenvalue weighted by Gasteiger charge is 2.19. The third-order valence-electron chi connectivity index (χ3n) is 3.24. The van der Waals surface area contributed by atoms with Crippen LogP contribution in [0.15, 0.2) is 0 Å². The van der Waals surface area contributed by atoms with Crippen LogP contribution in [0.3, 0.4) is 0 Å². The first-order chi connectivity index (χ1) is 6.88. The molecule has 84 valence electrons. The summed E-state index contributed by atoms with van der Waals surface area (Å²) in [7, 11) is 0. The maximum absolute atomic E-state index is 3.48. The first-order valence-electron chi connectivity index (χ1n) is 6.33. The van der Waals surface area contributed by atoms with Crippen LogP contribution in [0.5, 0.6) is 0 Å². The Morgan fingerprint density at radius 2 is 2.07 bits per heavy atom. The Balaban J connectivity index is 2.13. The van der Waals surface area contributed by atoms with Crippen molar-refractivity contribution < 1.29 is 0 Å². The van der Waals surface area contributed by atoms with Gasteiger partial charge in [0.05, 0.1) is 0 Å². The van der Waals surface area contributed by atoms with Crippen molar-refractivity contribution in [2.75, 3.05) is 26.2 Å². The average molecular weight is 198 g/mol. The lowest BCUT2D eigenvalue weighted by Crippen LogP contribution is -2.51. The molecule has 1 unspecified atom stereocenters. The van der Waals surface area contributed by atoms with Crippen LogP contribution >= 0.6 is 0 Å². The minimum Gasteiger partial charge on any atom is -0.314 e. The van der Waals surface area contributed by atoms with Crippen molar-refractivity contribution in [2.45, 2.75) is 52.0 Å². The van der Waals surface area contributed by atoms with Gasteiger partial charge in [-0.3, -0.25) is 4.90 Å². The van der Waals surface area contributed by atoms with E-state index in [0.29, 0.717) is 0 Å². The molecule has 2 nitrogen and oxygen atoms in total. The molecule has 1 heterocycles. The summed E-state index contributed by atoms with van der Waals surface area (Å²) in [6.45, 7) is 9.54. The molecular weight excluding hydrogens is 172 g/mol. The fourth-order valence-corrected chi connectivity index (χ4v) is 2.24. The quantitative estimate of drug-likeness (QED) is 0.659. The van der Waals surface area contributed by atoms with Gasteiger partial charge in [0.15, 0.2) is 0 Å². The third kappa shape index (κ3) is 3.97. The molecule has 2 heteroatoms. The molecule has 1 aliphatic heterocycles. The molecule has 1 N–H and O–H groups in total. The predicted molar refractivity (Wildman–Crippen MR) is 62.7 cm³/mol. The van der Waals surface area contributed by atoms with Crippen molar-refractivity contribution in [1.82, 2.24) is 10.2 Å². The van der Waals surface area contributed by atoms with Crippen molar-refractivity contribution in [3.05, 3.63) is 0 Å². The van der Waals surface area contributed by atoms with E-state index in [-0.39, 0.29) is 0 Å². The van der Waals surface area contributed by atoms with Crippen LogP contribution in [0.1, 0.15) is 46.0 Å². The Kier molecular flexibility index (Phi) is 6.20. The number of hydrogen-bond donors (Lipinski definition) is 1. The van der Waals surface area contributed by atoms with Crippen LogP contribution in [-0.4, -0.2) is 37.1 Å². The van der Waals surface area contributed by atoms with E-state index < -0.39 is 0 Å². The Bertz CT molecular complexity index is 136. The Morgan fingerprint density at radius 3 is 2.79 bits per heavy atom. The predicted octanol–water partition coefficient (Wildman–Crippen LogP) is 2.25. The fraction of sp³-hybridized carbons (Fsp3) is 1.00. The average Bonchev–Trinajstić information content (AvgIpc) is 2.25. The van der Waals surface area contributed by atoms with E-state index in [1.807, 2.05) is 0 Å². The molecule has 0 saturated carbocycles. The first-order valence-corrected chi connectivity index (χ1v) is 6.33. The van der Waals surface area contributed by atoms with Gasteiger partial charge in [-0.1, -0.05) is 33.1 Å². The molecule has 1 saturated heterocycles. The highest BCUT2D eigenvalue weighted by Crippen LogP contribution is 2.09. The summed E-state index contributed by atoms with van der Waals surface area (Å²) in [5.74, 6) is 0. The fourth-order valence-electron chi connectivity index (χ4n) is 2.24. The molecule has 1 fully saturated rings. The van der Waals surface area contributed by atoms with Crippen molar-refractivity contribution in [3.63, 3.8) is 0 Å². The second-order valence-corrected chi connectivity index (χ2v) is 4.36. The number of hydrogen-bond acceptors (Lipinski definition) is 2. The Hall–Kier alpha value is -0.0800. The molecule has 0 aromatic heterocycles. The van der Waals surface area contributed by atoms with Crippen molar-refractivity contribution >= 4 is 0 Å². The summed E-state index contributed by atoms with van der Waals surface area (Å²) in [6, 6.07) is 0.797. The van der Waals surface area contributed by atoms with Crippen molar-refractivity contribution in [1.29, 1.82) is 0 Å². The van der Waals surface area contributed by atoms with Gasteiger partial charge in [0.2, 0.25) is 0 Å². The largest absolute Gasteiger partial charge is 0.314 e. The third-order valence-corrected chi connectivity index (χ3v) is 3.24. The molecule has 1 aliphatic rings. The monoisotopic (exact) mass is 198 g/mol. The van der Waals surface area contributed by atoms with Crippen LogP contribution in [0.4, 0.5) is 0 Å². The zero-order chi connectivity index (χ0) is 10.2. The molecule has 1 atom stereocenters. The zero-order valence-corrected chi connectivity index (χ0v) is 9.89. The molecule has 0 aromatic carbocycles. The summed E-state index contributed by atoms with van der Waals surface area (Å²) in [4.78, 5) is 2.67. The van der Waals surface area contributed by atoms with E-state index in [4.69, 9.17) is 0 Å². The van der Waals surface area contributed by atoms with E-state index in [2.05, 4.69) is 24.1 Å². The number of nitrogens with one attached hydrogen (secondary N) is 1.